The molecule has 0 saturated heterocycles. The summed E-state index contributed by atoms with van der Waals surface area (Å²) in [6.45, 7) is 9.59. The molecule has 0 radical (unpaired) electrons. The van der Waals surface area contributed by atoms with E-state index in [-0.39, 0.29) is 17.8 Å². The highest BCUT2D eigenvalue weighted by Gasteiger charge is 2.45. The number of hydrogen-bond donors (Lipinski definition) is 0. The summed E-state index contributed by atoms with van der Waals surface area (Å²) in [6, 6.07) is 0. The van der Waals surface area contributed by atoms with Crippen LogP contribution in [0.3, 0.4) is 0 Å². The van der Waals surface area contributed by atoms with Gasteiger partial charge in [-0.05, 0) is 24.7 Å². The Bertz CT molecular complexity index is 284. The second kappa shape index (κ2) is 5.93. The smallest absolute Gasteiger partial charge is 0.422 e. The van der Waals surface area contributed by atoms with E-state index in [0.717, 1.165) is 0 Å². The number of carbonyl (C=O) groups is 1. The van der Waals surface area contributed by atoms with Crippen molar-refractivity contribution in [2.45, 2.75) is 47.7 Å². The Balaban J connectivity index is 4.95. The van der Waals surface area contributed by atoms with Gasteiger partial charge in [0.05, 0.1) is 5.41 Å². The molecule has 2 nitrogen and oxygen atoms in total. The van der Waals surface area contributed by atoms with Crippen molar-refractivity contribution >= 4 is 5.97 Å². The monoisotopic (exact) mass is 268 g/mol. The number of hydrogen-bond acceptors (Lipinski definition) is 2. The van der Waals surface area contributed by atoms with Crippen molar-refractivity contribution in [3.63, 3.8) is 0 Å². The summed E-state index contributed by atoms with van der Waals surface area (Å²) in [7, 11) is 0. The summed E-state index contributed by atoms with van der Waals surface area (Å²) in [4.78, 5) is 12.0. The van der Waals surface area contributed by atoms with Crippen LogP contribution in [0.1, 0.15) is 41.5 Å². The van der Waals surface area contributed by atoms with Crippen LogP contribution in [0, 0.1) is 23.2 Å². The van der Waals surface area contributed by atoms with Crippen LogP contribution in [0.15, 0.2) is 0 Å². The van der Waals surface area contributed by atoms with Gasteiger partial charge in [-0.1, -0.05) is 34.6 Å². The lowest BCUT2D eigenvalue weighted by atomic mass is 9.66. The summed E-state index contributed by atoms with van der Waals surface area (Å²) >= 11 is 0. The Labute approximate surface area is 107 Å². The molecule has 5 heteroatoms. The van der Waals surface area contributed by atoms with Gasteiger partial charge in [0.2, 0.25) is 0 Å². The molecular formula is C13H23F3O2. The highest BCUT2D eigenvalue weighted by molar-refractivity contribution is 5.77. The Morgan fingerprint density at radius 3 is 1.83 bits per heavy atom. The van der Waals surface area contributed by atoms with E-state index in [9.17, 15) is 18.0 Å². The predicted molar refractivity (Wildman–Crippen MR) is 64.0 cm³/mol. The molecular weight excluding hydrogens is 245 g/mol. The molecule has 0 aromatic heterocycles. The molecule has 18 heavy (non-hydrogen) atoms. The molecule has 0 aromatic carbocycles. The molecule has 0 bridgehead atoms. The first-order valence-corrected chi connectivity index (χ1v) is 6.16. The minimum absolute atomic E-state index is 0.0572. The van der Waals surface area contributed by atoms with Crippen LogP contribution >= 0.6 is 0 Å². The largest absolute Gasteiger partial charge is 0.456 e. The van der Waals surface area contributed by atoms with Crippen molar-refractivity contribution in [3.05, 3.63) is 0 Å². The fourth-order valence-electron chi connectivity index (χ4n) is 1.94. The summed E-state index contributed by atoms with van der Waals surface area (Å²) in [5.74, 6) is -0.722. The van der Waals surface area contributed by atoms with Gasteiger partial charge in [0.1, 0.15) is 0 Å². The first-order valence-electron chi connectivity index (χ1n) is 6.16. The molecule has 0 aromatic rings. The van der Waals surface area contributed by atoms with Gasteiger partial charge in [0, 0.05) is 0 Å². The SMILES string of the molecule is CC(C)C(C)C(C)(C(=O)OCC(F)(F)F)C(C)C. The molecule has 0 aliphatic heterocycles. The second-order valence-corrected chi connectivity index (χ2v) is 5.66. The molecule has 0 aliphatic carbocycles. The fraction of sp³-hybridized carbons (Fsp3) is 0.923. The van der Waals surface area contributed by atoms with Crippen LogP contribution in [0.4, 0.5) is 13.2 Å². The zero-order valence-electron chi connectivity index (χ0n) is 11.9. The highest BCUT2D eigenvalue weighted by atomic mass is 19.4. The van der Waals surface area contributed by atoms with E-state index in [1.807, 2.05) is 34.6 Å². The predicted octanol–water partition coefficient (Wildman–Crippen LogP) is 4.05. The molecule has 2 atom stereocenters. The van der Waals surface area contributed by atoms with E-state index in [4.69, 9.17) is 0 Å². The van der Waals surface area contributed by atoms with Gasteiger partial charge in [-0.2, -0.15) is 13.2 Å². The van der Waals surface area contributed by atoms with Crippen molar-refractivity contribution in [2.75, 3.05) is 6.61 Å². The Morgan fingerprint density at radius 1 is 1.11 bits per heavy atom. The normalized spacial score (nSPS) is 17.7. The Kier molecular flexibility index (Phi) is 5.69. The van der Waals surface area contributed by atoms with Gasteiger partial charge in [-0.3, -0.25) is 4.79 Å². The molecule has 0 aliphatic rings. The fourth-order valence-corrected chi connectivity index (χ4v) is 1.94. The van der Waals surface area contributed by atoms with Gasteiger partial charge in [0.25, 0.3) is 0 Å². The van der Waals surface area contributed by atoms with E-state index in [1.54, 1.807) is 6.92 Å². The lowest BCUT2D eigenvalue weighted by molar-refractivity contribution is -0.197. The first-order chi connectivity index (χ1) is 7.93. The van der Waals surface area contributed by atoms with Crippen LogP contribution in [0.5, 0.6) is 0 Å². The summed E-state index contributed by atoms with van der Waals surface area (Å²) in [5.41, 5.74) is -0.903. The van der Waals surface area contributed by atoms with Crippen LogP contribution in [0.2, 0.25) is 0 Å². The number of halogens is 3. The van der Waals surface area contributed by atoms with E-state index < -0.39 is 24.2 Å². The average molecular weight is 268 g/mol. The average Bonchev–Trinajstić information content (AvgIpc) is 2.21. The highest BCUT2D eigenvalue weighted by Crippen LogP contribution is 2.41. The van der Waals surface area contributed by atoms with E-state index in [2.05, 4.69) is 4.74 Å². The van der Waals surface area contributed by atoms with Crippen LogP contribution in [-0.4, -0.2) is 18.8 Å². The molecule has 0 spiro atoms. The van der Waals surface area contributed by atoms with Gasteiger partial charge in [-0.25, -0.2) is 0 Å². The standard InChI is InChI=1S/C13H23F3O2/c1-8(2)10(5)12(6,9(3)4)11(17)18-7-13(14,15)16/h8-10H,7H2,1-6H3. The summed E-state index contributed by atoms with van der Waals surface area (Å²) in [6.07, 6.45) is -4.48. The van der Waals surface area contributed by atoms with Gasteiger partial charge in [0.15, 0.2) is 6.61 Å². The third-order valence-corrected chi connectivity index (χ3v) is 3.95. The number of esters is 1. The van der Waals surface area contributed by atoms with Gasteiger partial charge in [-0.15, -0.1) is 0 Å². The number of rotatable bonds is 5. The second-order valence-electron chi connectivity index (χ2n) is 5.66. The molecule has 0 heterocycles. The number of ether oxygens (including phenoxy) is 1. The molecule has 108 valence electrons. The lowest BCUT2D eigenvalue weighted by Crippen LogP contribution is -2.43. The molecule has 0 saturated carbocycles. The van der Waals surface area contributed by atoms with E-state index in [1.165, 1.54) is 0 Å². The summed E-state index contributed by atoms with van der Waals surface area (Å²) in [5, 5.41) is 0. The third kappa shape index (κ3) is 4.18. The zero-order valence-corrected chi connectivity index (χ0v) is 11.9. The molecule has 0 fully saturated rings. The van der Waals surface area contributed by atoms with Gasteiger partial charge >= 0.3 is 12.1 Å². The number of carbonyl (C=O) groups excluding carboxylic acids is 1. The van der Waals surface area contributed by atoms with Crippen molar-refractivity contribution in [3.8, 4) is 0 Å². The zero-order chi connectivity index (χ0) is 14.7. The lowest BCUT2D eigenvalue weighted by Gasteiger charge is -2.39. The van der Waals surface area contributed by atoms with E-state index >= 15 is 0 Å². The maximum Gasteiger partial charge on any atom is 0.422 e. The topological polar surface area (TPSA) is 26.3 Å². The maximum atomic E-state index is 12.1. The Morgan fingerprint density at radius 2 is 1.56 bits per heavy atom. The maximum absolute atomic E-state index is 12.1. The van der Waals surface area contributed by atoms with Crippen LogP contribution < -0.4 is 0 Å². The van der Waals surface area contributed by atoms with Crippen LogP contribution in [0.25, 0.3) is 0 Å². The molecule has 0 N–H and O–H groups in total. The van der Waals surface area contributed by atoms with Crippen LogP contribution in [-0.2, 0) is 9.53 Å². The summed E-state index contributed by atoms with van der Waals surface area (Å²) < 4.78 is 40.7. The van der Waals surface area contributed by atoms with Crippen molar-refractivity contribution in [1.29, 1.82) is 0 Å². The molecule has 2 unspecified atom stereocenters. The van der Waals surface area contributed by atoms with E-state index in [0.29, 0.717) is 0 Å². The number of alkyl halides is 3. The van der Waals surface area contributed by atoms with Crippen molar-refractivity contribution in [2.24, 2.45) is 23.2 Å². The quantitative estimate of drug-likeness (QED) is 0.703. The third-order valence-electron chi connectivity index (χ3n) is 3.95. The molecule has 0 rings (SSSR count). The first kappa shape index (κ1) is 17.3. The molecule has 0 amide bonds. The minimum Gasteiger partial charge on any atom is -0.456 e. The Hall–Kier alpha value is -0.740. The van der Waals surface area contributed by atoms with Crippen molar-refractivity contribution in [1.82, 2.24) is 0 Å². The van der Waals surface area contributed by atoms with Gasteiger partial charge < -0.3 is 4.74 Å². The minimum atomic E-state index is -4.48. The van der Waals surface area contributed by atoms with Crippen molar-refractivity contribution < 1.29 is 22.7 Å².